The van der Waals surface area contributed by atoms with Crippen LogP contribution in [-0.4, -0.2) is 26.2 Å². The van der Waals surface area contributed by atoms with Gasteiger partial charge in [-0.05, 0) is 23.8 Å². The Morgan fingerprint density at radius 2 is 1.88 bits per heavy atom. The van der Waals surface area contributed by atoms with E-state index in [0.717, 1.165) is 0 Å². The molecule has 1 aliphatic carbocycles. The highest BCUT2D eigenvalue weighted by molar-refractivity contribution is 5.79. The Morgan fingerprint density at radius 1 is 1.12 bits per heavy atom. The number of hydrogen-bond acceptors (Lipinski definition) is 4. The molecule has 0 saturated carbocycles. The van der Waals surface area contributed by atoms with E-state index in [2.05, 4.69) is 0 Å². The van der Waals surface area contributed by atoms with Crippen LogP contribution in [0.1, 0.15) is 12.0 Å². The fourth-order valence-electron chi connectivity index (χ4n) is 1.58. The molecule has 0 amide bonds. The molecule has 0 fully saturated rings. The first-order chi connectivity index (χ1) is 7.48. The summed E-state index contributed by atoms with van der Waals surface area (Å²) in [6.45, 7) is 0. The van der Waals surface area contributed by atoms with Crippen molar-refractivity contribution in [3.63, 3.8) is 0 Å². The van der Waals surface area contributed by atoms with Gasteiger partial charge in [-0.1, -0.05) is 12.2 Å². The lowest BCUT2D eigenvalue weighted by molar-refractivity contribution is -0.114. The Hall–Kier alpha value is -1.78. The fourth-order valence-corrected chi connectivity index (χ4v) is 1.58. The van der Waals surface area contributed by atoms with Crippen molar-refractivity contribution in [2.75, 3.05) is 0 Å². The van der Waals surface area contributed by atoms with Gasteiger partial charge < -0.3 is 20.4 Å². The molecule has 0 unspecified atom stereocenters. The summed E-state index contributed by atoms with van der Waals surface area (Å²) in [4.78, 5) is 0. The standard InChI is InChI=1S/C12H12O4/c13-9-1-2-10(11(14)7-9)8-3-5-12(15,16)6-4-8/h1-5,7,13-16H,6H2. The molecular formula is C12H12O4. The van der Waals surface area contributed by atoms with Gasteiger partial charge in [-0.3, -0.25) is 0 Å². The highest BCUT2D eigenvalue weighted by atomic mass is 16.5. The van der Waals surface area contributed by atoms with Crippen LogP contribution in [0.3, 0.4) is 0 Å². The molecule has 0 bridgehead atoms. The van der Waals surface area contributed by atoms with Crippen molar-refractivity contribution in [2.24, 2.45) is 0 Å². The third-order valence-electron chi connectivity index (χ3n) is 2.44. The highest BCUT2D eigenvalue weighted by Gasteiger charge is 2.21. The summed E-state index contributed by atoms with van der Waals surface area (Å²) in [5.74, 6) is -1.87. The van der Waals surface area contributed by atoms with Crippen molar-refractivity contribution >= 4 is 5.57 Å². The number of aromatic hydroxyl groups is 2. The summed E-state index contributed by atoms with van der Waals surface area (Å²) in [5, 5.41) is 37.3. The van der Waals surface area contributed by atoms with Gasteiger partial charge >= 0.3 is 0 Å². The number of phenols is 2. The summed E-state index contributed by atoms with van der Waals surface area (Å²) in [7, 11) is 0. The molecule has 1 aliphatic rings. The SMILES string of the molecule is Oc1ccc(C2=CCC(O)(O)C=C2)c(O)c1. The van der Waals surface area contributed by atoms with Crippen molar-refractivity contribution in [3.05, 3.63) is 42.0 Å². The molecule has 84 valence electrons. The fraction of sp³-hybridized carbons (Fsp3) is 0.167. The lowest BCUT2D eigenvalue weighted by Gasteiger charge is -2.20. The smallest absolute Gasteiger partial charge is 0.186 e. The lowest BCUT2D eigenvalue weighted by Crippen LogP contribution is -2.25. The Bertz CT molecular complexity index is 472. The highest BCUT2D eigenvalue weighted by Crippen LogP contribution is 2.32. The average molecular weight is 220 g/mol. The second-order valence-electron chi connectivity index (χ2n) is 3.78. The first-order valence-corrected chi connectivity index (χ1v) is 4.84. The molecule has 0 saturated heterocycles. The van der Waals surface area contributed by atoms with Crippen molar-refractivity contribution in [1.82, 2.24) is 0 Å². The van der Waals surface area contributed by atoms with E-state index in [-0.39, 0.29) is 17.9 Å². The number of phenolic OH excluding ortho intramolecular Hbond substituents is 2. The van der Waals surface area contributed by atoms with Crippen LogP contribution in [0.4, 0.5) is 0 Å². The normalized spacial score (nSPS) is 18.2. The topological polar surface area (TPSA) is 80.9 Å². The Balaban J connectivity index is 2.34. The van der Waals surface area contributed by atoms with Gasteiger partial charge in [0.25, 0.3) is 0 Å². The number of aliphatic hydroxyl groups is 2. The van der Waals surface area contributed by atoms with E-state index < -0.39 is 5.79 Å². The van der Waals surface area contributed by atoms with Crippen LogP contribution in [0.15, 0.2) is 36.4 Å². The van der Waals surface area contributed by atoms with Crippen molar-refractivity contribution in [2.45, 2.75) is 12.2 Å². The van der Waals surface area contributed by atoms with E-state index in [1.807, 2.05) is 0 Å². The van der Waals surface area contributed by atoms with Gasteiger partial charge in [-0.15, -0.1) is 0 Å². The van der Waals surface area contributed by atoms with Gasteiger partial charge in [0.15, 0.2) is 5.79 Å². The van der Waals surface area contributed by atoms with Crippen molar-refractivity contribution in [1.29, 1.82) is 0 Å². The van der Waals surface area contributed by atoms with Gasteiger partial charge in [0.2, 0.25) is 0 Å². The van der Waals surface area contributed by atoms with Crippen LogP contribution >= 0.6 is 0 Å². The van der Waals surface area contributed by atoms with Gasteiger partial charge in [0.1, 0.15) is 11.5 Å². The maximum absolute atomic E-state index is 9.61. The van der Waals surface area contributed by atoms with Crippen LogP contribution in [-0.2, 0) is 0 Å². The number of rotatable bonds is 1. The Kier molecular flexibility index (Phi) is 2.46. The van der Waals surface area contributed by atoms with Gasteiger partial charge in [0, 0.05) is 18.1 Å². The van der Waals surface area contributed by atoms with E-state index in [4.69, 9.17) is 5.11 Å². The van der Waals surface area contributed by atoms with Crippen LogP contribution in [0, 0.1) is 0 Å². The predicted octanol–water partition coefficient (Wildman–Crippen LogP) is 1.12. The monoisotopic (exact) mass is 220 g/mol. The maximum atomic E-state index is 9.61. The minimum atomic E-state index is -1.81. The molecule has 1 aromatic carbocycles. The average Bonchev–Trinajstić information content (AvgIpc) is 2.19. The molecule has 0 aromatic heterocycles. The summed E-state index contributed by atoms with van der Waals surface area (Å²) in [5.41, 5.74) is 1.24. The second kappa shape index (κ2) is 3.66. The largest absolute Gasteiger partial charge is 0.508 e. The van der Waals surface area contributed by atoms with E-state index in [0.29, 0.717) is 11.1 Å². The summed E-state index contributed by atoms with van der Waals surface area (Å²) < 4.78 is 0. The number of allylic oxidation sites excluding steroid dienone is 2. The second-order valence-corrected chi connectivity index (χ2v) is 3.78. The molecule has 0 aliphatic heterocycles. The van der Waals surface area contributed by atoms with Crippen LogP contribution in [0.2, 0.25) is 0 Å². The lowest BCUT2D eigenvalue weighted by atomic mass is 9.96. The van der Waals surface area contributed by atoms with E-state index in [9.17, 15) is 15.3 Å². The molecule has 16 heavy (non-hydrogen) atoms. The van der Waals surface area contributed by atoms with Crippen LogP contribution in [0.5, 0.6) is 11.5 Å². The van der Waals surface area contributed by atoms with Gasteiger partial charge in [-0.2, -0.15) is 0 Å². The molecule has 0 spiro atoms. The predicted molar refractivity (Wildman–Crippen MR) is 58.7 cm³/mol. The van der Waals surface area contributed by atoms with E-state index in [1.54, 1.807) is 12.1 Å². The Morgan fingerprint density at radius 3 is 2.44 bits per heavy atom. The number of hydrogen-bond donors (Lipinski definition) is 4. The first-order valence-electron chi connectivity index (χ1n) is 4.84. The molecule has 4 N–H and O–H groups in total. The summed E-state index contributed by atoms with van der Waals surface area (Å²) >= 11 is 0. The van der Waals surface area contributed by atoms with Crippen LogP contribution in [0.25, 0.3) is 5.57 Å². The molecule has 4 nitrogen and oxygen atoms in total. The zero-order chi connectivity index (χ0) is 11.8. The zero-order valence-corrected chi connectivity index (χ0v) is 8.46. The third kappa shape index (κ3) is 2.08. The minimum absolute atomic E-state index is 0.0136. The molecule has 0 heterocycles. The molecule has 1 aromatic rings. The molecule has 0 radical (unpaired) electrons. The van der Waals surface area contributed by atoms with Crippen LogP contribution < -0.4 is 0 Å². The van der Waals surface area contributed by atoms with Gasteiger partial charge in [-0.25, -0.2) is 0 Å². The first kappa shape index (κ1) is 10.7. The molecular weight excluding hydrogens is 208 g/mol. The quantitative estimate of drug-likeness (QED) is 0.535. The molecule has 4 heteroatoms. The minimum Gasteiger partial charge on any atom is -0.508 e. The van der Waals surface area contributed by atoms with Gasteiger partial charge in [0.05, 0.1) is 0 Å². The summed E-state index contributed by atoms with van der Waals surface area (Å²) in [6.07, 6.45) is 4.47. The molecule has 0 atom stereocenters. The molecule has 2 rings (SSSR count). The Labute approximate surface area is 92.4 Å². The maximum Gasteiger partial charge on any atom is 0.186 e. The third-order valence-corrected chi connectivity index (χ3v) is 2.44. The number of benzene rings is 1. The van der Waals surface area contributed by atoms with Crippen molar-refractivity contribution < 1.29 is 20.4 Å². The summed E-state index contributed by atoms with van der Waals surface area (Å²) in [6, 6.07) is 4.27. The zero-order valence-electron chi connectivity index (χ0n) is 8.46. The van der Waals surface area contributed by atoms with Crippen molar-refractivity contribution in [3.8, 4) is 11.5 Å². The van der Waals surface area contributed by atoms with E-state index >= 15 is 0 Å². The van der Waals surface area contributed by atoms with E-state index in [1.165, 1.54) is 24.3 Å².